The molecule has 0 bridgehead atoms. The Morgan fingerprint density at radius 1 is 0.232 bits per heavy atom. The van der Waals surface area contributed by atoms with Crippen molar-refractivity contribution in [1.82, 2.24) is 24.1 Å². The summed E-state index contributed by atoms with van der Waals surface area (Å²) in [6, 6.07) is 117. The van der Waals surface area contributed by atoms with E-state index in [4.69, 9.17) is 28.2 Å². The molecule has 21 aromatic rings. The van der Waals surface area contributed by atoms with Gasteiger partial charge in [-0.1, -0.05) is 237 Å². The molecule has 0 fully saturated rings. The Morgan fingerprint density at radius 3 is 1.39 bits per heavy atom. The van der Waals surface area contributed by atoms with Gasteiger partial charge >= 0.3 is 0 Å². The number of hydrogen-bond acceptors (Lipinski definition) is 6. The van der Waals surface area contributed by atoms with Crippen molar-refractivity contribution in [2.75, 3.05) is 0 Å². The maximum Gasteiger partial charge on any atom is 0.160 e. The SMILES string of the molecule is c1ccc(-c2cc(-c3cccc4oc5cc(-n6c7ccccc7c7ccc8c9ccccc9oc8c76)ccc5c34)nc3ccccc23)cc1.c1ccc(-c2ccc3c4ccccc4n(-c4ccc5c(c4)oc4cccc(-c6cc(-c7ccccc7)nc(-c7ccccc7)n6)c45)c3c2)cc1. The molecule has 8 nitrogen and oxygen atoms in total. The van der Waals surface area contributed by atoms with Gasteiger partial charge in [-0.05, 0) is 107 Å². The van der Waals surface area contributed by atoms with Gasteiger partial charge in [0.05, 0.1) is 50.4 Å². The van der Waals surface area contributed by atoms with Crippen LogP contribution >= 0.6 is 0 Å². The van der Waals surface area contributed by atoms with E-state index >= 15 is 0 Å². The van der Waals surface area contributed by atoms with Gasteiger partial charge in [0, 0.05) is 99.3 Å². The van der Waals surface area contributed by atoms with E-state index in [0.29, 0.717) is 5.82 Å². The molecule has 0 saturated heterocycles. The number of furan rings is 3. The van der Waals surface area contributed by atoms with Crippen LogP contribution in [0.25, 0.3) is 199 Å². The van der Waals surface area contributed by atoms with Crippen LogP contribution in [0.15, 0.2) is 347 Å². The molecule has 0 radical (unpaired) electrons. The molecule has 14 aromatic carbocycles. The van der Waals surface area contributed by atoms with Crippen LogP contribution in [-0.2, 0) is 0 Å². The van der Waals surface area contributed by atoms with Crippen molar-refractivity contribution in [3.05, 3.63) is 334 Å². The number of para-hydroxylation sites is 4. The molecule has 462 valence electrons. The Morgan fingerprint density at radius 2 is 0.717 bits per heavy atom. The molecule has 0 atom stereocenters. The minimum atomic E-state index is 0.690. The van der Waals surface area contributed by atoms with Crippen LogP contribution in [0.4, 0.5) is 0 Å². The zero-order chi connectivity index (χ0) is 65.1. The van der Waals surface area contributed by atoms with Crippen LogP contribution < -0.4 is 0 Å². The van der Waals surface area contributed by atoms with Gasteiger partial charge in [-0.2, -0.15) is 0 Å². The maximum atomic E-state index is 6.65. The number of nitrogens with zero attached hydrogens (tertiary/aromatic N) is 5. The van der Waals surface area contributed by atoms with Gasteiger partial charge < -0.3 is 22.4 Å². The predicted octanol–water partition coefficient (Wildman–Crippen LogP) is 24.6. The molecule has 8 heteroatoms. The number of benzene rings is 14. The van der Waals surface area contributed by atoms with E-state index in [1.165, 1.54) is 32.8 Å². The summed E-state index contributed by atoms with van der Waals surface area (Å²) in [6.45, 7) is 0. The molecule has 7 heterocycles. The standard InChI is InChI=1S/C46H29N3O.C45H26N2O2/c1-4-13-30(14-5-1)33-23-25-36-35-19-10-11-21-41(35)49(42(36)27-33)34-24-26-38-44(28-34)50-43-22-12-20-37(45(38)43)40-29-39(31-15-6-2-7-16-31)47-46(48-40)32-17-8-3-9-18-32;1-2-11-27(12-3-1)36-26-38(46-37-17-7-4-13-29(36)37)34-16-10-20-41-43(34)35-22-21-28(25-42(35)48-41)47-39-18-8-5-14-30(39)32-23-24-33-31-15-6-9-19-40(31)49-45(33)44(32)47/h1-29H;1-26H. The lowest BCUT2D eigenvalue weighted by atomic mass is 9.96. The Bertz CT molecular complexity index is 6720. The first-order valence-electron chi connectivity index (χ1n) is 33.4. The second kappa shape index (κ2) is 22.6. The lowest BCUT2D eigenvalue weighted by Gasteiger charge is -2.11. The van der Waals surface area contributed by atoms with Crippen molar-refractivity contribution in [2.45, 2.75) is 0 Å². The number of rotatable bonds is 8. The van der Waals surface area contributed by atoms with Crippen molar-refractivity contribution in [2.24, 2.45) is 0 Å². The highest BCUT2D eigenvalue weighted by Crippen LogP contribution is 2.45. The third kappa shape index (κ3) is 9.18. The average Bonchev–Trinajstić information content (AvgIpc) is 1.54. The van der Waals surface area contributed by atoms with E-state index in [0.717, 1.165) is 160 Å². The zero-order valence-electron chi connectivity index (χ0n) is 53.2. The second-order valence-electron chi connectivity index (χ2n) is 25.3. The molecule has 0 spiro atoms. The monoisotopic (exact) mass is 1270 g/mol. The van der Waals surface area contributed by atoms with Crippen molar-refractivity contribution < 1.29 is 13.3 Å². The van der Waals surface area contributed by atoms with Crippen molar-refractivity contribution >= 4 is 120 Å². The van der Waals surface area contributed by atoms with E-state index in [2.05, 4.69) is 282 Å². The highest BCUT2D eigenvalue weighted by Gasteiger charge is 2.24. The summed E-state index contributed by atoms with van der Waals surface area (Å²) in [5.74, 6) is 0.690. The molecule has 0 aliphatic heterocycles. The minimum Gasteiger partial charge on any atom is -0.456 e. The molecule has 0 aliphatic carbocycles. The third-order valence-corrected chi connectivity index (χ3v) is 19.6. The molecule has 21 rings (SSSR count). The fraction of sp³-hybridized carbons (Fsp3) is 0. The first kappa shape index (κ1) is 56.0. The van der Waals surface area contributed by atoms with Crippen LogP contribution in [0.3, 0.4) is 0 Å². The molecule has 7 aromatic heterocycles. The van der Waals surface area contributed by atoms with Gasteiger partial charge in [0.2, 0.25) is 0 Å². The lowest BCUT2D eigenvalue weighted by molar-refractivity contribution is 0.668. The number of hydrogen-bond donors (Lipinski definition) is 0. The van der Waals surface area contributed by atoms with Crippen molar-refractivity contribution in [1.29, 1.82) is 0 Å². The molecule has 0 aliphatic rings. The smallest absolute Gasteiger partial charge is 0.160 e. The fourth-order valence-electron chi connectivity index (χ4n) is 15.1. The Balaban J connectivity index is 0.000000134. The maximum absolute atomic E-state index is 6.65. The highest BCUT2D eigenvalue weighted by molar-refractivity contribution is 6.22. The van der Waals surface area contributed by atoms with Gasteiger partial charge in [0.15, 0.2) is 11.4 Å². The summed E-state index contributed by atoms with van der Waals surface area (Å²) >= 11 is 0. The number of aromatic nitrogens is 5. The van der Waals surface area contributed by atoms with Crippen LogP contribution in [0.1, 0.15) is 0 Å². The largest absolute Gasteiger partial charge is 0.456 e. The first-order valence-corrected chi connectivity index (χ1v) is 33.4. The summed E-state index contributed by atoms with van der Waals surface area (Å²) in [5, 5.41) is 12.4. The molecule has 99 heavy (non-hydrogen) atoms. The molecular formula is C91H55N5O3. The molecule has 0 amide bonds. The van der Waals surface area contributed by atoms with Crippen LogP contribution in [0.2, 0.25) is 0 Å². The summed E-state index contributed by atoms with van der Waals surface area (Å²) < 4.78 is 24.5. The van der Waals surface area contributed by atoms with Crippen molar-refractivity contribution in [3.63, 3.8) is 0 Å². The normalized spacial score (nSPS) is 11.8. The van der Waals surface area contributed by atoms with Gasteiger partial charge in [-0.15, -0.1) is 0 Å². The van der Waals surface area contributed by atoms with E-state index < -0.39 is 0 Å². The van der Waals surface area contributed by atoms with E-state index in [-0.39, 0.29) is 0 Å². The lowest BCUT2D eigenvalue weighted by Crippen LogP contribution is -1.96. The minimum absolute atomic E-state index is 0.690. The molecule has 0 unspecified atom stereocenters. The second-order valence-corrected chi connectivity index (χ2v) is 25.3. The highest BCUT2D eigenvalue weighted by atomic mass is 16.3. The first-order chi connectivity index (χ1) is 49.1. The summed E-state index contributed by atoms with van der Waals surface area (Å²) in [6.07, 6.45) is 0. The van der Waals surface area contributed by atoms with Crippen molar-refractivity contribution in [3.8, 4) is 78.8 Å². The van der Waals surface area contributed by atoms with Gasteiger partial charge in [-0.25, -0.2) is 15.0 Å². The van der Waals surface area contributed by atoms with E-state index in [1.807, 2.05) is 60.7 Å². The van der Waals surface area contributed by atoms with E-state index in [1.54, 1.807) is 0 Å². The number of fused-ring (bicyclic) bond motifs is 17. The van der Waals surface area contributed by atoms with Crippen LogP contribution in [0.5, 0.6) is 0 Å². The van der Waals surface area contributed by atoms with Gasteiger partial charge in [-0.3, -0.25) is 0 Å². The molecular weight excluding hydrogens is 1210 g/mol. The summed E-state index contributed by atoms with van der Waals surface area (Å²) in [4.78, 5) is 15.3. The van der Waals surface area contributed by atoms with Crippen LogP contribution in [0, 0.1) is 0 Å². The summed E-state index contributed by atoms with van der Waals surface area (Å²) in [7, 11) is 0. The fourth-order valence-corrected chi connectivity index (χ4v) is 15.1. The van der Waals surface area contributed by atoms with E-state index in [9.17, 15) is 0 Å². The topological polar surface area (TPSA) is 88.0 Å². The quantitative estimate of drug-likeness (QED) is 0.151. The Kier molecular flexibility index (Phi) is 12.8. The van der Waals surface area contributed by atoms with Crippen LogP contribution in [-0.4, -0.2) is 24.1 Å². The summed E-state index contributed by atoms with van der Waals surface area (Å²) in [5.41, 5.74) is 24.1. The zero-order valence-corrected chi connectivity index (χ0v) is 53.2. The number of pyridine rings is 1. The van der Waals surface area contributed by atoms with Gasteiger partial charge in [0.25, 0.3) is 0 Å². The average molecular weight is 1270 g/mol. The molecule has 0 N–H and O–H groups in total. The molecule has 0 saturated carbocycles. The Labute approximate surface area is 566 Å². The van der Waals surface area contributed by atoms with Gasteiger partial charge in [0.1, 0.15) is 27.9 Å². The third-order valence-electron chi connectivity index (χ3n) is 19.6. The Hall–Kier alpha value is -13.4. The predicted molar refractivity (Wildman–Crippen MR) is 407 cm³/mol.